The smallest absolute Gasteiger partial charge is 0.341 e. The molecule has 0 saturated heterocycles. The van der Waals surface area contributed by atoms with Crippen LogP contribution in [-0.2, 0) is 28.9 Å². The molecule has 0 spiro atoms. The number of aromatic nitrogens is 3. The van der Waals surface area contributed by atoms with Gasteiger partial charge in [0.2, 0.25) is 5.91 Å². The van der Waals surface area contributed by atoms with E-state index in [0.29, 0.717) is 38.6 Å². The Balaban J connectivity index is 1.36. The number of nitrogens with zero attached hydrogens (tertiary/aromatic N) is 3. The Kier molecular flexibility index (Phi) is 10.6. The summed E-state index contributed by atoms with van der Waals surface area (Å²) in [6.07, 6.45) is 3.75. The van der Waals surface area contributed by atoms with E-state index in [0.717, 1.165) is 52.9 Å². The zero-order valence-corrected chi connectivity index (χ0v) is 28.2. The molecule has 2 N–H and O–H groups in total. The molecule has 2 heterocycles. The number of carbonyl (C=O) groups is 3. The minimum Gasteiger partial charge on any atom is -0.497 e. The van der Waals surface area contributed by atoms with Gasteiger partial charge in [0, 0.05) is 16.5 Å². The van der Waals surface area contributed by atoms with Crippen molar-refractivity contribution in [1.29, 1.82) is 0 Å². The Hall–Kier alpha value is -4.36. The lowest BCUT2D eigenvalue weighted by Gasteiger charge is -2.15. The van der Waals surface area contributed by atoms with Gasteiger partial charge in [0.05, 0.1) is 44.4 Å². The predicted molar refractivity (Wildman–Crippen MR) is 178 cm³/mol. The van der Waals surface area contributed by atoms with E-state index in [1.54, 1.807) is 25.1 Å². The summed E-state index contributed by atoms with van der Waals surface area (Å²) in [6.45, 7) is 6.13. The number of esters is 1. The van der Waals surface area contributed by atoms with Crippen LogP contribution in [0.2, 0.25) is 0 Å². The summed E-state index contributed by atoms with van der Waals surface area (Å²) >= 11 is 2.68. The van der Waals surface area contributed by atoms with E-state index in [-0.39, 0.29) is 30.7 Å². The van der Waals surface area contributed by atoms with Crippen molar-refractivity contribution in [2.75, 3.05) is 31.9 Å². The molecule has 4 aromatic rings. The lowest BCUT2D eigenvalue weighted by molar-refractivity contribution is -0.113. The van der Waals surface area contributed by atoms with Crippen LogP contribution in [0.5, 0.6) is 11.5 Å². The molecule has 13 heteroatoms. The molecular formula is C33H37N5O6S2. The fourth-order valence-electron chi connectivity index (χ4n) is 5.29. The van der Waals surface area contributed by atoms with Gasteiger partial charge in [-0.25, -0.2) is 4.79 Å². The second kappa shape index (κ2) is 14.8. The largest absolute Gasteiger partial charge is 0.497 e. The van der Waals surface area contributed by atoms with Crippen LogP contribution in [0, 0.1) is 13.8 Å². The van der Waals surface area contributed by atoms with E-state index in [2.05, 4.69) is 20.8 Å². The van der Waals surface area contributed by atoms with Crippen molar-refractivity contribution in [1.82, 2.24) is 20.1 Å². The first kappa shape index (κ1) is 33.0. The molecule has 0 fully saturated rings. The third-order valence-corrected chi connectivity index (χ3v) is 9.91. The second-order valence-electron chi connectivity index (χ2n) is 10.7. The number of hydrogen-bond donors (Lipinski definition) is 2. The maximum Gasteiger partial charge on any atom is 0.341 e. The number of hydrogen-bond acceptors (Lipinski definition) is 10. The Morgan fingerprint density at radius 2 is 1.76 bits per heavy atom. The quantitative estimate of drug-likeness (QED) is 0.145. The summed E-state index contributed by atoms with van der Waals surface area (Å²) in [5.41, 5.74) is 4.78. The first-order chi connectivity index (χ1) is 22.2. The maximum absolute atomic E-state index is 13.3. The van der Waals surface area contributed by atoms with E-state index in [1.807, 2.05) is 36.6 Å². The molecule has 0 aliphatic heterocycles. The van der Waals surface area contributed by atoms with Crippen LogP contribution in [0.15, 0.2) is 41.6 Å². The van der Waals surface area contributed by atoms with Crippen molar-refractivity contribution >= 4 is 45.9 Å². The zero-order valence-electron chi connectivity index (χ0n) is 26.5. The molecular weight excluding hydrogens is 627 g/mol. The first-order valence-electron chi connectivity index (χ1n) is 15.0. The normalized spacial score (nSPS) is 12.3. The van der Waals surface area contributed by atoms with Gasteiger partial charge in [0.25, 0.3) is 5.91 Å². The minimum atomic E-state index is -0.404. The van der Waals surface area contributed by atoms with Crippen molar-refractivity contribution in [2.45, 2.75) is 58.2 Å². The van der Waals surface area contributed by atoms with Crippen molar-refractivity contribution in [3.8, 4) is 17.2 Å². The monoisotopic (exact) mass is 663 g/mol. The number of rotatable bonds is 12. The standard InChI is InChI=1S/C33H37N5O6S2/c1-6-44-32(41)29-24-11-7-8-13-26(24)46-31(29)35-28(39)18-45-33-37-36-27(38(33)25-12-9-10-19(2)20(25)3)17-34-30(40)21-14-22(42-4)16-23(15-21)43-5/h9-10,12,14-16H,6-8,11,13,17-18H2,1-5H3,(H,34,40)(H,35,39). The molecule has 1 aliphatic carbocycles. The van der Waals surface area contributed by atoms with Crippen LogP contribution < -0.4 is 20.1 Å². The molecule has 11 nitrogen and oxygen atoms in total. The van der Waals surface area contributed by atoms with Crippen molar-refractivity contribution < 1.29 is 28.6 Å². The molecule has 242 valence electrons. The summed E-state index contributed by atoms with van der Waals surface area (Å²) in [7, 11) is 3.05. The molecule has 46 heavy (non-hydrogen) atoms. The van der Waals surface area contributed by atoms with Crippen LogP contribution in [-0.4, -0.2) is 59.1 Å². The number of anilines is 1. The number of nitrogens with one attached hydrogen (secondary N) is 2. The zero-order chi connectivity index (χ0) is 32.8. The van der Waals surface area contributed by atoms with Crippen LogP contribution in [0.3, 0.4) is 0 Å². The van der Waals surface area contributed by atoms with Gasteiger partial charge in [-0.3, -0.25) is 14.2 Å². The average Bonchev–Trinajstić information content (AvgIpc) is 3.64. The Morgan fingerprint density at radius 1 is 1.02 bits per heavy atom. The number of thiophene rings is 1. The predicted octanol–water partition coefficient (Wildman–Crippen LogP) is 5.68. The SMILES string of the molecule is CCOC(=O)c1c(NC(=O)CSc2nnc(CNC(=O)c3cc(OC)cc(OC)c3)n2-c2cccc(C)c2C)sc2c1CCCC2. The highest BCUT2D eigenvalue weighted by Gasteiger charge is 2.27. The van der Waals surface area contributed by atoms with Gasteiger partial charge >= 0.3 is 5.97 Å². The Bertz CT molecular complexity index is 1740. The minimum absolute atomic E-state index is 0.0315. The molecule has 0 saturated carbocycles. The molecule has 2 amide bonds. The number of benzene rings is 2. The number of ether oxygens (including phenoxy) is 3. The van der Waals surface area contributed by atoms with E-state index in [4.69, 9.17) is 14.2 Å². The lowest BCUT2D eigenvalue weighted by atomic mass is 9.95. The van der Waals surface area contributed by atoms with E-state index >= 15 is 0 Å². The molecule has 0 atom stereocenters. The van der Waals surface area contributed by atoms with Gasteiger partial charge in [-0.05, 0) is 81.3 Å². The Labute approximate surface area is 276 Å². The van der Waals surface area contributed by atoms with Crippen molar-refractivity contribution in [3.63, 3.8) is 0 Å². The van der Waals surface area contributed by atoms with E-state index < -0.39 is 5.97 Å². The number of methoxy groups -OCH3 is 2. The van der Waals surface area contributed by atoms with E-state index in [9.17, 15) is 14.4 Å². The van der Waals surface area contributed by atoms with Crippen molar-refractivity contribution in [2.24, 2.45) is 0 Å². The topological polar surface area (TPSA) is 134 Å². The van der Waals surface area contributed by atoms with Gasteiger partial charge in [0.1, 0.15) is 16.5 Å². The third-order valence-electron chi connectivity index (χ3n) is 7.77. The molecule has 0 bridgehead atoms. The molecule has 2 aromatic heterocycles. The van der Waals surface area contributed by atoms with Gasteiger partial charge in [0.15, 0.2) is 11.0 Å². The summed E-state index contributed by atoms with van der Waals surface area (Å²) in [6, 6.07) is 10.9. The molecule has 0 unspecified atom stereocenters. The molecule has 2 aromatic carbocycles. The fraction of sp³-hybridized carbons (Fsp3) is 0.364. The van der Waals surface area contributed by atoms with Crippen LogP contribution in [0.25, 0.3) is 5.69 Å². The molecule has 5 rings (SSSR count). The average molecular weight is 664 g/mol. The number of aryl methyl sites for hydroxylation is 2. The first-order valence-corrected chi connectivity index (χ1v) is 16.8. The highest BCUT2D eigenvalue weighted by molar-refractivity contribution is 7.99. The van der Waals surface area contributed by atoms with E-state index in [1.165, 1.54) is 37.3 Å². The summed E-state index contributed by atoms with van der Waals surface area (Å²) in [5, 5.41) is 15.7. The number of thioether (sulfide) groups is 1. The fourth-order valence-corrected chi connectivity index (χ4v) is 7.35. The van der Waals surface area contributed by atoms with Gasteiger partial charge in [-0.2, -0.15) is 0 Å². The summed E-state index contributed by atoms with van der Waals surface area (Å²) in [4.78, 5) is 40.4. The number of amides is 2. The van der Waals surface area contributed by atoms with Crippen LogP contribution >= 0.6 is 23.1 Å². The van der Waals surface area contributed by atoms with Gasteiger partial charge in [-0.15, -0.1) is 21.5 Å². The summed E-state index contributed by atoms with van der Waals surface area (Å²) < 4.78 is 17.8. The molecule has 1 aliphatic rings. The van der Waals surface area contributed by atoms with Gasteiger partial charge < -0.3 is 24.8 Å². The van der Waals surface area contributed by atoms with Crippen molar-refractivity contribution in [3.05, 3.63) is 74.9 Å². The molecule has 0 radical (unpaired) electrons. The van der Waals surface area contributed by atoms with Crippen LogP contribution in [0.4, 0.5) is 5.00 Å². The summed E-state index contributed by atoms with van der Waals surface area (Å²) in [5.74, 6) is 0.510. The highest BCUT2D eigenvalue weighted by atomic mass is 32.2. The van der Waals surface area contributed by atoms with Crippen LogP contribution in [0.1, 0.15) is 67.9 Å². The second-order valence-corrected chi connectivity index (χ2v) is 12.8. The van der Waals surface area contributed by atoms with Gasteiger partial charge in [-0.1, -0.05) is 23.9 Å². The highest BCUT2D eigenvalue weighted by Crippen LogP contribution is 2.39. The Morgan fingerprint density at radius 3 is 2.48 bits per heavy atom. The lowest BCUT2D eigenvalue weighted by Crippen LogP contribution is -2.25. The number of carbonyl (C=O) groups excluding carboxylic acids is 3. The maximum atomic E-state index is 13.3. The number of fused-ring (bicyclic) bond motifs is 1. The third kappa shape index (κ3) is 7.20.